The number of ether oxygens (including phenoxy) is 1. The van der Waals surface area contributed by atoms with Crippen molar-refractivity contribution in [3.05, 3.63) is 36.0 Å². The zero-order valence-electron chi connectivity index (χ0n) is 13.8. The number of benzene rings is 1. The Morgan fingerprint density at radius 3 is 2.83 bits per heavy atom. The summed E-state index contributed by atoms with van der Waals surface area (Å²) in [6, 6.07) is 10.7. The molecule has 0 bridgehead atoms. The molecule has 2 aromatic rings. The van der Waals surface area contributed by atoms with Crippen LogP contribution in [0.2, 0.25) is 0 Å². The van der Waals surface area contributed by atoms with Crippen molar-refractivity contribution in [3.63, 3.8) is 0 Å². The number of H-pyrrole nitrogens is 1. The third kappa shape index (κ3) is 3.67. The third-order valence-corrected chi connectivity index (χ3v) is 4.56. The normalized spacial score (nSPS) is 17.4. The molecule has 1 aliphatic rings. The second kappa shape index (κ2) is 7.04. The van der Waals surface area contributed by atoms with E-state index < -0.39 is 0 Å². The number of carbonyl (C=O) groups excluding carboxylic acids is 1. The van der Waals surface area contributed by atoms with Crippen LogP contribution in [-0.4, -0.2) is 48.8 Å². The van der Waals surface area contributed by atoms with Gasteiger partial charge in [0, 0.05) is 37.3 Å². The Labute approximate surface area is 137 Å². The van der Waals surface area contributed by atoms with Gasteiger partial charge >= 0.3 is 6.03 Å². The number of nitrogens with one attached hydrogen (secondary N) is 2. The average Bonchev–Trinajstić information content (AvgIpc) is 2.99. The van der Waals surface area contributed by atoms with Crippen molar-refractivity contribution in [2.75, 3.05) is 26.8 Å². The molecule has 1 aromatic heterocycles. The minimum Gasteiger partial charge on any atom is -0.383 e. The Morgan fingerprint density at radius 1 is 1.39 bits per heavy atom. The van der Waals surface area contributed by atoms with Crippen molar-refractivity contribution < 1.29 is 9.53 Å². The Hall–Kier alpha value is -2.01. The Morgan fingerprint density at radius 2 is 2.13 bits per heavy atom. The quantitative estimate of drug-likeness (QED) is 0.911. The number of rotatable bonds is 4. The lowest BCUT2D eigenvalue weighted by Crippen LogP contribution is -2.48. The molecule has 1 unspecified atom stereocenters. The predicted molar refractivity (Wildman–Crippen MR) is 91.7 cm³/mol. The van der Waals surface area contributed by atoms with Gasteiger partial charge in [0.1, 0.15) is 0 Å². The van der Waals surface area contributed by atoms with Gasteiger partial charge in [0.05, 0.1) is 12.6 Å². The van der Waals surface area contributed by atoms with Crippen LogP contribution in [-0.2, 0) is 4.74 Å². The van der Waals surface area contributed by atoms with Crippen LogP contribution in [0.3, 0.4) is 0 Å². The van der Waals surface area contributed by atoms with Gasteiger partial charge in [-0.15, -0.1) is 0 Å². The Kier molecular flexibility index (Phi) is 4.86. The number of aromatic amines is 1. The summed E-state index contributed by atoms with van der Waals surface area (Å²) >= 11 is 0. The molecule has 5 nitrogen and oxygen atoms in total. The van der Waals surface area contributed by atoms with Gasteiger partial charge in [-0.1, -0.05) is 18.2 Å². The van der Waals surface area contributed by atoms with Crippen LogP contribution < -0.4 is 5.32 Å². The lowest BCUT2D eigenvalue weighted by atomic mass is 9.94. The lowest BCUT2D eigenvalue weighted by Gasteiger charge is -2.32. The number of para-hydroxylation sites is 1. The molecule has 2 N–H and O–H groups in total. The summed E-state index contributed by atoms with van der Waals surface area (Å²) in [6.45, 7) is 4.09. The number of likely N-dealkylation sites (tertiary alicyclic amines) is 1. The first kappa shape index (κ1) is 15.9. The molecule has 0 spiro atoms. The van der Waals surface area contributed by atoms with Crippen molar-refractivity contribution in [1.82, 2.24) is 15.2 Å². The van der Waals surface area contributed by atoms with E-state index in [0.29, 0.717) is 12.5 Å². The molecular formula is C18H25N3O2. The highest BCUT2D eigenvalue weighted by atomic mass is 16.5. The lowest BCUT2D eigenvalue weighted by molar-refractivity contribution is 0.152. The number of carbonyl (C=O) groups is 1. The summed E-state index contributed by atoms with van der Waals surface area (Å²) in [6.07, 6.45) is 2.00. The molecule has 124 valence electrons. The van der Waals surface area contributed by atoms with Crippen molar-refractivity contribution in [3.8, 4) is 0 Å². The fourth-order valence-electron chi connectivity index (χ4n) is 3.30. The predicted octanol–water partition coefficient (Wildman–Crippen LogP) is 3.09. The second-order valence-corrected chi connectivity index (χ2v) is 6.38. The van der Waals surface area contributed by atoms with Crippen LogP contribution in [0.5, 0.6) is 0 Å². The first-order chi connectivity index (χ1) is 11.2. The fraction of sp³-hybridized carbons (Fsp3) is 0.500. The second-order valence-electron chi connectivity index (χ2n) is 6.38. The van der Waals surface area contributed by atoms with Crippen molar-refractivity contribution in [2.24, 2.45) is 0 Å². The van der Waals surface area contributed by atoms with Gasteiger partial charge in [-0.3, -0.25) is 0 Å². The van der Waals surface area contributed by atoms with Crippen molar-refractivity contribution in [1.29, 1.82) is 0 Å². The number of amides is 2. The number of urea groups is 1. The van der Waals surface area contributed by atoms with Gasteiger partial charge in [0.2, 0.25) is 0 Å². The Balaban J connectivity index is 1.56. The number of hydrogen-bond acceptors (Lipinski definition) is 2. The smallest absolute Gasteiger partial charge is 0.317 e. The minimum atomic E-state index is 0.0182. The zero-order valence-corrected chi connectivity index (χ0v) is 13.8. The highest BCUT2D eigenvalue weighted by molar-refractivity contribution is 5.80. The van der Waals surface area contributed by atoms with Gasteiger partial charge in [-0.25, -0.2) is 4.79 Å². The van der Waals surface area contributed by atoms with E-state index in [9.17, 15) is 4.79 Å². The zero-order chi connectivity index (χ0) is 16.2. The van der Waals surface area contributed by atoms with E-state index in [1.165, 1.54) is 16.6 Å². The van der Waals surface area contributed by atoms with E-state index in [0.717, 1.165) is 25.9 Å². The van der Waals surface area contributed by atoms with Gasteiger partial charge in [0.15, 0.2) is 0 Å². The number of aromatic nitrogens is 1. The SMILES string of the molecule is COCC(C)NC(=O)N1CCC(c2cc3ccccc3[nH]2)CC1. The third-order valence-electron chi connectivity index (χ3n) is 4.56. The minimum absolute atomic E-state index is 0.0182. The Bertz CT molecular complexity index is 626. The molecule has 2 amide bonds. The van der Waals surface area contributed by atoms with E-state index in [2.05, 4.69) is 40.6 Å². The number of methoxy groups -OCH3 is 1. The summed E-state index contributed by atoms with van der Waals surface area (Å²) in [5.41, 5.74) is 2.48. The van der Waals surface area contributed by atoms with Crippen molar-refractivity contribution >= 4 is 16.9 Å². The topological polar surface area (TPSA) is 57.4 Å². The van der Waals surface area contributed by atoms with Crippen molar-refractivity contribution in [2.45, 2.75) is 31.7 Å². The molecule has 5 heteroatoms. The first-order valence-corrected chi connectivity index (χ1v) is 8.29. The summed E-state index contributed by atoms with van der Waals surface area (Å²) in [5, 5.41) is 4.24. The molecule has 1 aliphatic heterocycles. The summed E-state index contributed by atoms with van der Waals surface area (Å²) in [7, 11) is 1.65. The maximum absolute atomic E-state index is 12.2. The number of hydrogen-bond donors (Lipinski definition) is 2. The van der Waals surface area contributed by atoms with Gasteiger partial charge in [-0.2, -0.15) is 0 Å². The molecule has 1 atom stereocenters. The molecule has 2 heterocycles. The van der Waals surface area contributed by atoms with Crippen LogP contribution in [0.15, 0.2) is 30.3 Å². The molecule has 1 fully saturated rings. The van der Waals surface area contributed by atoms with Crippen LogP contribution >= 0.6 is 0 Å². The van der Waals surface area contributed by atoms with Crippen LogP contribution in [0.4, 0.5) is 4.79 Å². The molecule has 0 radical (unpaired) electrons. The standard InChI is InChI=1S/C18H25N3O2/c1-13(12-23-2)19-18(22)21-9-7-14(8-10-21)17-11-15-5-3-4-6-16(15)20-17/h3-6,11,13-14,20H,7-10,12H2,1-2H3,(H,19,22). The maximum Gasteiger partial charge on any atom is 0.317 e. The van der Waals surface area contributed by atoms with E-state index in [1.807, 2.05) is 11.8 Å². The van der Waals surface area contributed by atoms with Crippen LogP contribution in [0, 0.1) is 0 Å². The summed E-state index contributed by atoms with van der Waals surface area (Å²) < 4.78 is 5.06. The van der Waals surface area contributed by atoms with E-state index >= 15 is 0 Å². The van der Waals surface area contributed by atoms with Gasteiger partial charge in [-0.05, 0) is 37.3 Å². The maximum atomic E-state index is 12.2. The van der Waals surface area contributed by atoms with E-state index in [4.69, 9.17) is 4.74 Å². The molecule has 1 saturated heterocycles. The van der Waals surface area contributed by atoms with E-state index in [1.54, 1.807) is 7.11 Å². The van der Waals surface area contributed by atoms with E-state index in [-0.39, 0.29) is 12.1 Å². The molecule has 0 aliphatic carbocycles. The summed E-state index contributed by atoms with van der Waals surface area (Å²) in [4.78, 5) is 17.6. The highest BCUT2D eigenvalue weighted by Gasteiger charge is 2.25. The first-order valence-electron chi connectivity index (χ1n) is 8.29. The fourth-order valence-corrected chi connectivity index (χ4v) is 3.30. The highest BCUT2D eigenvalue weighted by Crippen LogP contribution is 2.29. The van der Waals surface area contributed by atoms with Crippen LogP contribution in [0.25, 0.3) is 10.9 Å². The number of piperidine rings is 1. The molecule has 0 saturated carbocycles. The van der Waals surface area contributed by atoms with Gasteiger partial charge in [0.25, 0.3) is 0 Å². The molecule has 1 aromatic carbocycles. The average molecular weight is 315 g/mol. The monoisotopic (exact) mass is 315 g/mol. The molecule has 3 rings (SSSR count). The summed E-state index contributed by atoms with van der Waals surface area (Å²) in [5.74, 6) is 0.503. The molecule has 23 heavy (non-hydrogen) atoms. The largest absolute Gasteiger partial charge is 0.383 e. The number of fused-ring (bicyclic) bond motifs is 1. The number of nitrogens with zero attached hydrogens (tertiary/aromatic N) is 1. The molecular weight excluding hydrogens is 290 g/mol. The van der Waals surface area contributed by atoms with Gasteiger partial charge < -0.3 is 19.9 Å². The van der Waals surface area contributed by atoms with Crippen LogP contribution in [0.1, 0.15) is 31.4 Å².